The summed E-state index contributed by atoms with van der Waals surface area (Å²) in [6, 6.07) is 16.5. The predicted molar refractivity (Wildman–Crippen MR) is 108 cm³/mol. The first-order chi connectivity index (χ1) is 14.0. The fourth-order valence-corrected chi connectivity index (χ4v) is 4.44. The number of nitrogens with zero attached hydrogens (tertiary/aromatic N) is 2. The van der Waals surface area contributed by atoms with Crippen LogP contribution in [-0.4, -0.2) is 38.5 Å². The largest absolute Gasteiger partial charge is 0.497 e. The number of sulfonamides is 1. The maximum absolute atomic E-state index is 12.7. The minimum atomic E-state index is -3.68. The number of aromatic nitrogens is 2. The van der Waals surface area contributed by atoms with Crippen LogP contribution in [0.4, 0.5) is 0 Å². The Hall–Kier alpha value is -2.68. The van der Waals surface area contributed by atoms with Crippen LogP contribution in [0, 0.1) is 0 Å². The van der Waals surface area contributed by atoms with Gasteiger partial charge in [-0.05, 0) is 29.7 Å². The highest BCUT2D eigenvalue weighted by molar-refractivity contribution is 7.89. The quantitative estimate of drug-likeness (QED) is 0.644. The second kappa shape index (κ2) is 8.36. The van der Waals surface area contributed by atoms with Crippen LogP contribution in [0.3, 0.4) is 0 Å². The van der Waals surface area contributed by atoms with Crippen LogP contribution in [0.5, 0.6) is 5.75 Å². The van der Waals surface area contributed by atoms with Crippen molar-refractivity contribution in [2.24, 2.45) is 0 Å². The van der Waals surface area contributed by atoms with Gasteiger partial charge in [0.05, 0.1) is 30.9 Å². The van der Waals surface area contributed by atoms with E-state index < -0.39 is 16.1 Å². The van der Waals surface area contributed by atoms with E-state index in [4.69, 9.17) is 9.47 Å². The first kappa shape index (κ1) is 19.6. The van der Waals surface area contributed by atoms with E-state index in [0.717, 1.165) is 23.2 Å². The molecule has 0 bridgehead atoms. The molecule has 0 unspecified atom stereocenters. The van der Waals surface area contributed by atoms with Gasteiger partial charge in [0.2, 0.25) is 10.0 Å². The summed E-state index contributed by atoms with van der Waals surface area (Å²) in [6.45, 7) is 1.32. The van der Waals surface area contributed by atoms with Crippen molar-refractivity contribution in [3.05, 3.63) is 77.6 Å². The molecular weight excluding hydrogens is 390 g/mol. The molecule has 0 aliphatic carbocycles. The van der Waals surface area contributed by atoms with Crippen LogP contribution in [0.25, 0.3) is 0 Å². The second-order valence-corrected chi connectivity index (χ2v) is 8.63. The molecule has 0 saturated carbocycles. The smallest absolute Gasteiger partial charge is 0.240 e. The summed E-state index contributed by atoms with van der Waals surface area (Å²) in [6.07, 6.45) is 2.37. The van der Waals surface area contributed by atoms with Crippen LogP contribution in [-0.2, 0) is 27.7 Å². The molecule has 4 rings (SSSR count). The monoisotopic (exact) mass is 413 g/mol. The fraction of sp³-hybridized carbons (Fsp3) is 0.286. The molecule has 1 aliphatic heterocycles. The first-order valence-electron chi connectivity index (χ1n) is 9.40. The molecule has 0 radical (unpaired) electrons. The highest BCUT2D eigenvalue weighted by Crippen LogP contribution is 2.26. The minimum absolute atomic E-state index is 0.120. The van der Waals surface area contributed by atoms with E-state index in [0.29, 0.717) is 18.9 Å². The van der Waals surface area contributed by atoms with Crippen LogP contribution in [0.2, 0.25) is 0 Å². The van der Waals surface area contributed by atoms with Crippen molar-refractivity contribution in [1.82, 2.24) is 14.5 Å². The Morgan fingerprint density at radius 1 is 1.21 bits per heavy atom. The van der Waals surface area contributed by atoms with Crippen LogP contribution < -0.4 is 9.46 Å². The Labute approximate surface area is 170 Å². The van der Waals surface area contributed by atoms with Crippen molar-refractivity contribution in [3.8, 4) is 5.75 Å². The van der Waals surface area contributed by atoms with Gasteiger partial charge in [-0.2, -0.15) is 5.10 Å². The summed E-state index contributed by atoms with van der Waals surface area (Å²) in [5.41, 5.74) is 3.04. The number of rotatable bonds is 7. The van der Waals surface area contributed by atoms with Gasteiger partial charge in [0, 0.05) is 18.8 Å². The predicted octanol–water partition coefficient (Wildman–Crippen LogP) is 2.53. The normalized spacial score (nSPS) is 16.4. The Morgan fingerprint density at radius 3 is 2.83 bits per heavy atom. The summed E-state index contributed by atoms with van der Waals surface area (Å²) in [7, 11) is -2.18. The standard InChI is InChI=1S/C21H23N3O4S/c1-27-18-8-5-9-19(12-18)29(25,26)22-13-20-21-17(10-11-28-20)15-24(23-21)14-16-6-3-2-4-7-16/h2-9,12,15,20,22H,10-11,13-14H2,1H3/t20-/m1/s1. The van der Waals surface area contributed by atoms with E-state index in [1.807, 2.05) is 29.1 Å². The summed E-state index contributed by atoms with van der Waals surface area (Å²) in [5, 5.41) is 4.67. The lowest BCUT2D eigenvalue weighted by molar-refractivity contribution is 0.0430. The van der Waals surface area contributed by atoms with Crippen molar-refractivity contribution in [2.75, 3.05) is 20.3 Å². The Morgan fingerprint density at radius 2 is 2.03 bits per heavy atom. The molecule has 152 valence electrons. The highest BCUT2D eigenvalue weighted by Gasteiger charge is 2.27. The van der Waals surface area contributed by atoms with E-state index in [2.05, 4.69) is 22.0 Å². The first-order valence-corrected chi connectivity index (χ1v) is 10.9. The van der Waals surface area contributed by atoms with Gasteiger partial charge in [-0.1, -0.05) is 36.4 Å². The third-order valence-corrected chi connectivity index (χ3v) is 6.28. The SMILES string of the molecule is COc1cccc(S(=O)(=O)NC[C@H]2OCCc3cn(Cc4ccccc4)nc32)c1. The third-order valence-electron chi connectivity index (χ3n) is 4.86. The molecule has 2 heterocycles. The van der Waals surface area contributed by atoms with E-state index in [9.17, 15) is 8.42 Å². The van der Waals surface area contributed by atoms with E-state index >= 15 is 0 Å². The van der Waals surface area contributed by atoms with Crippen molar-refractivity contribution >= 4 is 10.0 Å². The van der Waals surface area contributed by atoms with Gasteiger partial charge in [-0.15, -0.1) is 0 Å². The van der Waals surface area contributed by atoms with Gasteiger partial charge in [0.15, 0.2) is 0 Å². The van der Waals surface area contributed by atoms with E-state index in [1.165, 1.54) is 19.2 Å². The van der Waals surface area contributed by atoms with Gasteiger partial charge in [0.25, 0.3) is 0 Å². The van der Waals surface area contributed by atoms with Gasteiger partial charge in [-0.25, -0.2) is 13.1 Å². The number of hydrogen-bond acceptors (Lipinski definition) is 5. The molecule has 2 aromatic carbocycles. The third kappa shape index (κ3) is 4.50. The summed E-state index contributed by atoms with van der Waals surface area (Å²) >= 11 is 0. The number of fused-ring (bicyclic) bond motifs is 1. The van der Waals surface area contributed by atoms with Crippen molar-refractivity contribution in [1.29, 1.82) is 0 Å². The zero-order valence-electron chi connectivity index (χ0n) is 16.1. The van der Waals surface area contributed by atoms with Crippen LogP contribution in [0.15, 0.2) is 65.7 Å². The zero-order valence-corrected chi connectivity index (χ0v) is 16.9. The highest BCUT2D eigenvalue weighted by atomic mass is 32.2. The van der Waals surface area contributed by atoms with E-state index in [-0.39, 0.29) is 11.4 Å². The van der Waals surface area contributed by atoms with Gasteiger partial charge < -0.3 is 9.47 Å². The van der Waals surface area contributed by atoms with Crippen LogP contribution >= 0.6 is 0 Å². The molecule has 1 aromatic heterocycles. The van der Waals surface area contributed by atoms with Gasteiger partial charge >= 0.3 is 0 Å². The summed E-state index contributed by atoms with van der Waals surface area (Å²) in [5.74, 6) is 0.490. The summed E-state index contributed by atoms with van der Waals surface area (Å²) < 4.78 is 40.8. The Bertz CT molecular complexity index is 1080. The van der Waals surface area contributed by atoms with Crippen molar-refractivity contribution < 1.29 is 17.9 Å². The average Bonchev–Trinajstić information content (AvgIpc) is 3.16. The zero-order chi connectivity index (χ0) is 20.3. The number of ether oxygens (including phenoxy) is 2. The number of nitrogens with one attached hydrogen (secondary N) is 1. The van der Waals surface area contributed by atoms with Gasteiger partial charge in [0.1, 0.15) is 11.9 Å². The molecule has 1 N–H and O–H groups in total. The molecule has 8 heteroatoms. The average molecular weight is 413 g/mol. The van der Waals surface area contributed by atoms with E-state index in [1.54, 1.807) is 12.1 Å². The number of benzene rings is 2. The van der Waals surface area contributed by atoms with Crippen molar-refractivity contribution in [2.45, 2.75) is 24.0 Å². The maximum Gasteiger partial charge on any atom is 0.240 e. The topological polar surface area (TPSA) is 82.5 Å². The lowest BCUT2D eigenvalue weighted by Gasteiger charge is -2.22. The Kier molecular flexibility index (Phi) is 5.66. The minimum Gasteiger partial charge on any atom is -0.497 e. The number of hydrogen-bond donors (Lipinski definition) is 1. The maximum atomic E-state index is 12.7. The molecular formula is C21H23N3O4S. The molecule has 3 aromatic rings. The fourth-order valence-electron chi connectivity index (χ4n) is 3.38. The second-order valence-electron chi connectivity index (χ2n) is 6.86. The van der Waals surface area contributed by atoms with Crippen molar-refractivity contribution in [3.63, 3.8) is 0 Å². The Balaban J connectivity index is 1.48. The molecule has 1 atom stereocenters. The molecule has 0 saturated heterocycles. The van der Waals surface area contributed by atoms with Gasteiger partial charge in [-0.3, -0.25) is 4.68 Å². The number of methoxy groups -OCH3 is 1. The molecule has 1 aliphatic rings. The molecule has 0 amide bonds. The molecule has 0 spiro atoms. The van der Waals surface area contributed by atoms with Crippen LogP contribution in [0.1, 0.15) is 22.9 Å². The molecule has 7 nitrogen and oxygen atoms in total. The lowest BCUT2D eigenvalue weighted by atomic mass is 10.1. The summed E-state index contributed by atoms with van der Waals surface area (Å²) in [4.78, 5) is 0.155. The molecule has 29 heavy (non-hydrogen) atoms. The lowest BCUT2D eigenvalue weighted by Crippen LogP contribution is -2.32. The molecule has 0 fully saturated rings.